The fourth-order valence-electron chi connectivity index (χ4n) is 4.13. The number of carbonyl (C=O) groups is 3. The zero-order valence-corrected chi connectivity index (χ0v) is 27.5. The van der Waals surface area contributed by atoms with Crippen molar-refractivity contribution in [2.45, 2.75) is 85.1 Å². The molecule has 10 nitrogen and oxygen atoms in total. The molecule has 0 fully saturated rings. The average molecular weight is 632 g/mol. The van der Waals surface area contributed by atoms with Crippen LogP contribution in [0.1, 0.15) is 78.6 Å². The lowest BCUT2D eigenvalue weighted by Gasteiger charge is -2.16. The number of carbonyl (C=O) groups excluding carboxylic acids is 3. The first-order chi connectivity index (χ1) is 22.4. The molecule has 2 aromatic heterocycles. The van der Waals surface area contributed by atoms with E-state index in [1.807, 2.05) is 10.6 Å². The number of imidazole rings is 1. The summed E-state index contributed by atoms with van der Waals surface area (Å²) < 4.78 is 12.1. The van der Waals surface area contributed by atoms with Crippen LogP contribution in [-0.2, 0) is 30.4 Å². The number of hydrogen-bond donors (Lipinski definition) is 1. The Balaban J connectivity index is 1.67. The highest BCUT2D eigenvalue weighted by Gasteiger charge is 2.15. The lowest BCUT2D eigenvalue weighted by molar-refractivity contribution is -0.146. The number of anilines is 1. The van der Waals surface area contributed by atoms with Crippen molar-refractivity contribution in [3.8, 4) is 0 Å². The van der Waals surface area contributed by atoms with Crippen molar-refractivity contribution in [2.75, 3.05) is 18.5 Å². The summed E-state index contributed by atoms with van der Waals surface area (Å²) in [6, 6.07) is 0. The summed E-state index contributed by atoms with van der Waals surface area (Å²) >= 11 is 0. The number of fused-ring (bicyclic) bond motifs is 1. The molecule has 0 unspecified atom stereocenters. The summed E-state index contributed by atoms with van der Waals surface area (Å²) in [7, 11) is 0. The Hall–Kier alpha value is -4.60. The van der Waals surface area contributed by atoms with Crippen LogP contribution in [-0.4, -0.2) is 50.6 Å². The van der Waals surface area contributed by atoms with Crippen molar-refractivity contribution in [3.63, 3.8) is 0 Å². The number of hydrogen-bond acceptors (Lipinski definition) is 8. The second-order valence-electron chi connectivity index (χ2n) is 10.6. The molecule has 2 rings (SSSR count). The van der Waals surface area contributed by atoms with Crippen molar-refractivity contribution < 1.29 is 23.9 Å². The summed E-state index contributed by atoms with van der Waals surface area (Å²) in [5.74, 6) is -0.934. The molecule has 0 aliphatic rings. The Bertz CT molecular complexity index is 1370. The van der Waals surface area contributed by atoms with E-state index >= 15 is 0 Å². The first kappa shape index (κ1) is 37.6. The van der Waals surface area contributed by atoms with Gasteiger partial charge in [-0.25, -0.2) is 9.97 Å². The lowest BCUT2D eigenvalue weighted by atomic mass is 10.1. The number of nitrogens with one attached hydrogen (secondary N) is 1. The van der Waals surface area contributed by atoms with Gasteiger partial charge in [0.25, 0.3) is 0 Å². The third-order valence-corrected chi connectivity index (χ3v) is 6.57. The first-order valence-electron chi connectivity index (χ1n) is 16.0. The van der Waals surface area contributed by atoms with Crippen LogP contribution in [0.4, 0.5) is 5.95 Å². The SMILES string of the molecule is CCC=CCC=CCC=CCC=CCC=CCC=CCCC(=O)Nc1ncc2ncn(CCC(COC(C)=O)COC(C)=O)c2n1. The van der Waals surface area contributed by atoms with E-state index in [-0.39, 0.29) is 31.0 Å². The number of aryl methyl sites for hydroxylation is 1. The minimum atomic E-state index is -0.394. The zero-order chi connectivity index (χ0) is 33.2. The Kier molecular flexibility index (Phi) is 19.4. The van der Waals surface area contributed by atoms with Gasteiger partial charge < -0.3 is 14.0 Å². The number of nitrogens with zero attached hydrogens (tertiary/aromatic N) is 4. The maximum absolute atomic E-state index is 12.5. The monoisotopic (exact) mass is 631 g/mol. The van der Waals surface area contributed by atoms with Crippen LogP contribution in [0.2, 0.25) is 0 Å². The largest absolute Gasteiger partial charge is 0.465 e. The number of rotatable bonds is 22. The molecule has 1 amide bonds. The molecule has 46 heavy (non-hydrogen) atoms. The van der Waals surface area contributed by atoms with Crippen LogP contribution < -0.4 is 5.32 Å². The molecule has 0 bridgehead atoms. The van der Waals surface area contributed by atoms with Gasteiger partial charge in [0, 0.05) is 32.7 Å². The highest BCUT2D eigenvalue weighted by molar-refractivity contribution is 5.89. The number of esters is 2. The van der Waals surface area contributed by atoms with Crippen molar-refractivity contribution in [3.05, 3.63) is 85.4 Å². The van der Waals surface area contributed by atoms with Gasteiger partial charge in [-0.15, -0.1) is 0 Å². The fourth-order valence-corrected chi connectivity index (χ4v) is 4.13. The highest BCUT2D eigenvalue weighted by atomic mass is 16.5. The second kappa shape index (κ2) is 23.7. The number of aromatic nitrogens is 4. The van der Waals surface area contributed by atoms with Crippen molar-refractivity contribution >= 4 is 35.0 Å². The van der Waals surface area contributed by atoms with E-state index in [9.17, 15) is 14.4 Å². The molecule has 10 heteroatoms. The molecule has 0 radical (unpaired) electrons. The molecular formula is C36H49N5O5. The smallest absolute Gasteiger partial charge is 0.302 e. The van der Waals surface area contributed by atoms with E-state index in [1.54, 1.807) is 12.5 Å². The molecule has 2 aromatic rings. The Morgan fingerprint density at radius 1 is 0.783 bits per heavy atom. The molecule has 0 aliphatic heterocycles. The lowest BCUT2D eigenvalue weighted by Crippen LogP contribution is -2.21. The van der Waals surface area contributed by atoms with Crippen LogP contribution in [0.5, 0.6) is 0 Å². The summed E-state index contributed by atoms with van der Waals surface area (Å²) in [6.45, 7) is 5.59. The van der Waals surface area contributed by atoms with Gasteiger partial charge in [0.15, 0.2) is 5.65 Å². The minimum absolute atomic E-state index is 0.141. The Labute approximate surface area is 273 Å². The van der Waals surface area contributed by atoms with Crippen LogP contribution in [0.3, 0.4) is 0 Å². The molecule has 2 heterocycles. The predicted molar refractivity (Wildman–Crippen MR) is 183 cm³/mol. The number of ether oxygens (including phenoxy) is 2. The quantitative estimate of drug-likeness (QED) is 0.105. The third kappa shape index (κ3) is 17.6. The van der Waals surface area contributed by atoms with E-state index < -0.39 is 11.9 Å². The van der Waals surface area contributed by atoms with Crippen LogP contribution in [0, 0.1) is 5.92 Å². The topological polar surface area (TPSA) is 125 Å². The summed E-state index contributed by atoms with van der Waals surface area (Å²) in [5.41, 5.74) is 1.16. The van der Waals surface area contributed by atoms with Crippen molar-refractivity contribution in [2.24, 2.45) is 5.92 Å². The summed E-state index contributed by atoms with van der Waals surface area (Å²) in [4.78, 5) is 47.9. The third-order valence-electron chi connectivity index (χ3n) is 6.57. The van der Waals surface area contributed by atoms with Crippen molar-refractivity contribution in [1.29, 1.82) is 0 Å². The van der Waals surface area contributed by atoms with E-state index in [0.29, 0.717) is 37.0 Å². The van der Waals surface area contributed by atoms with Gasteiger partial charge in [0.1, 0.15) is 5.52 Å². The van der Waals surface area contributed by atoms with Crippen LogP contribution in [0.15, 0.2) is 85.4 Å². The summed E-state index contributed by atoms with van der Waals surface area (Å²) in [6.07, 6.45) is 36.3. The van der Waals surface area contributed by atoms with Crippen molar-refractivity contribution in [1.82, 2.24) is 19.5 Å². The van der Waals surface area contributed by atoms with E-state index in [1.165, 1.54) is 13.8 Å². The normalized spacial score (nSPS) is 12.3. The molecule has 0 saturated heterocycles. The minimum Gasteiger partial charge on any atom is -0.465 e. The molecule has 0 spiro atoms. The molecule has 0 atom stereocenters. The number of amides is 1. The predicted octanol–water partition coefficient (Wildman–Crippen LogP) is 7.38. The van der Waals surface area contributed by atoms with Crippen LogP contribution in [0.25, 0.3) is 11.2 Å². The maximum atomic E-state index is 12.5. The maximum Gasteiger partial charge on any atom is 0.302 e. The van der Waals surface area contributed by atoms with E-state index in [0.717, 1.165) is 38.5 Å². The Morgan fingerprint density at radius 2 is 1.30 bits per heavy atom. The van der Waals surface area contributed by atoms with Gasteiger partial charge >= 0.3 is 11.9 Å². The van der Waals surface area contributed by atoms with Crippen LogP contribution >= 0.6 is 0 Å². The molecule has 0 aromatic carbocycles. The zero-order valence-electron chi connectivity index (χ0n) is 27.5. The molecule has 0 saturated carbocycles. The highest BCUT2D eigenvalue weighted by Crippen LogP contribution is 2.15. The van der Waals surface area contributed by atoms with Gasteiger partial charge in [-0.2, -0.15) is 4.98 Å². The summed E-state index contributed by atoms with van der Waals surface area (Å²) in [5, 5.41) is 2.76. The van der Waals surface area contributed by atoms with Gasteiger partial charge in [-0.1, -0.05) is 79.8 Å². The molecular weight excluding hydrogens is 582 g/mol. The second-order valence-corrected chi connectivity index (χ2v) is 10.6. The fraction of sp³-hybridized carbons (Fsp3) is 0.444. The molecule has 1 N–H and O–H groups in total. The van der Waals surface area contributed by atoms with E-state index in [4.69, 9.17) is 9.47 Å². The standard InChI is InChI=1S/C36H49N5O5/c1-4-5-6-7-8-9-10-11-12-13-14-15-16-17-18-19-20-21-22-23-34(44)39-36-37-26-33-35(40-36)41(29-38-33)25-24-32(27-45-30(2)42)28-46-31(3)43/h5-6,8-9,11-12,14-15,17-18,20-21,26,29,32H,4,7,10,13,16,19,22-25,27-28H2,1-3H3,(H,37,39,40,44). The average Bonchev–Trinajstić information content (AvgIpc) is 3.43. The van der Waals surface area contributed by atoms with E-state index in [2.05, 4.69) is 94.0 Å². The van der Waals surface area contributed by atoms with Gasteiger partial charge in [-0.3, -0.25) is 19.7 Å². The van der Waals surface area contributed by atoms with Gasteiger partial charge in [-0.05, 0) is 51.4 Å². The van der Waals surface area contributed by atoms with Gasteiger partial charge in [0.05, 0.1) is 25.7 Å². The van der Waals surface area contributed by atoms with Gasteiger partial charge in [0.2, 0.25) is 11.9 Å². The molecule has 0 aliphatic carbocycles. The Morgan fingerprint density at radius 3 is 1.83 bits per heavy atom. The number of allylic oxidation sites excluding steroid dienone is 12. The first-order valence-corrected chi connectivity index (χ1v) is 16.0. The molecule has 248 valence electrons.